The first-order valence-corrected chi connectivity index (χ1v) is 15.3. The Kier molecular flexibility index (Phi) is 12.4. The molecule has 7 nitrogen and oxygen atoms in total. The molecule has 0 aromatic heterocycles. The summed E-state index contributed by atoms with van der Waals surface area (Å²) in [5.41, 5.74) is 3.61. The molecule has 230 valence electrons. The Morgan fingerprint density at radius 3 is 2.26 bits per heavy atom. The molecule has 0 spiro atoms. The van der Waals surface area contributed by atoms with Gasteiger partial charge in [-0.25, -0.2) is 9.18 Å². The average Bonchev–Trinajstić information content (AvgIpc) is 3.01. The maximum atomic E-state index is 13.2. The van der Waals surface area contributed by atoms with E-state index in [1.807, 2.05) is 42.5 Å². The van der Waals surface area contributed by atoms with E-state index in [-0.39, 0.29) is 17.8 Å². The highest BCUT2D eigenvalue weighted by Gasteiger charge is 2.17. The number of piperazine rings is 1. The number of aromatic carboxylic acids is 1. The van der Waals surface area contributed by atoms with Crippen LogP contribution in [0.3, 0.4) is 0 Å². The summed E-state index contributed by atoms with van der Waals surface area (Å²) in [6.45, 7) is 5.41. The lowest BCUT2D eigenvalue weighted by Crippen LogP contribution is -2.46. The zero-order valence-electron chi connectivity index (χ0n) is 24.8. The fourth-order valence-electron chi connectivity index (χ4n) is 5.74. The van der Waals surface area contributed by atoms with Crippen LogP contribution in [0.25, 0.3) is 0 Å². The molecule has 3 aromatic carbocycles. The molecule has 43 heavy (non-hydrogen) atoms. The van der Waals surface area contributed by atoms with Crippen molar-refractivity contribution in [2.24, 2.45) is 5.92 Å². The van der Waals surface area contributed by atoms with Crippen LogP contribution in [-0.2, 0) is 17.6 Å². The second kappa shape index (κ2) is 16.7. The maximum absolute atomic E-state index is 13.2. The van der Waals surface area contributed by atoms with Crippen LogP contribution >= 0.6 is 0 Å². The summed E-state index contributed by atoms with van der Waals surface area (Å²) in [5, 5.41) is 18.2. The number of benzene rings is 3. The Labute approximate surface area is 253 Å². The molecule has 1 aliphatic rings. The molecular formula is C35H43FN2O5. The van der Waals surface area contributed by atoms with Gasteiger partial charge in [-0.1, -0.05) is 43.2 Å². The van der Waals surface area contributed by atoms with Gasteiger partial charge in [0.15, 0.2) is 0 Å². The number of unbranched alkanes of at least 4 members (excludes halogenated alkanes) is 1. The van der Waals surface area contributed by atoms with Gasteiger partial charge in [0, 0.05) is 44.8 Å². The summed E-state index contributed by atoms with van der Waals surface area (Å²) in [7, 11) is 0. The first kappa shape index (κ1) is 32.0. The number of hydrogen-bond acceptors (Lipinski definition) is 5. The van der Waals surface area contributed by atoms with Crippen LogP contribution < -0.4 is 9.64 Å². The summed E-state index contributed by atoms with van der Waals surface area (Å²) in [6, 6.07) is 22.0. The number of para-hydroxylation sites is 1. The van der Waals surface area contributed by atoms with Gasteiger partial charge in [0.05, 0.1) is 12.2 Å². The number of nitrogens with zero attached hydrogens (tertiary/aromatic N) is 2. The topological polar surface area (TPSA) is 90.3 Å². The van der Waals surface area contributed by atoms with Crippen LogP contribution in [0, 0.1) is 11.7 Å². The number of aliphatic carboxylic acids is 1. The zero-order chi connectivity index (χ0) is 30.4. The molecule has 1 unspecified atom stereocenters. The van der Waals surface area contributed by atoms with E-state index in [4.69, 9.17) is 9.84 Å². The van der Waals surface area contributed by atoms with E-state index < -0.39 is 11.9 Å². The fraction of sp³-hybridized carbons (Fsp3) is 0.429. The van der Waals surface area contributed by atoms with E-state index >= 15 is 0 Å². The molecule has 1 atom stereocenters. The molecule has 1 fully saturated rings. The van der Waals surface area contributed by atoms with Gasteiger partial charge in [0.25, 0.3) is 0 Å². The van der Waals surface area contributed by atoms with Gasteiger partial charge in [-0.3, -0.25) is 9.69 Å². The second-order valence-corrected chi connectivity index (χ2v) is 11.4. The van der Waals surface area contributed by atoms with Gasteiger partial charge < -0.3 is 19.8 Å². The number of aryl methyl sites for hydroxylation is 1. The number of carboxylic acids is 2. The zero-order valence-corrected chi connectivity index (χ0v) is 24.8. The monoisotopic (exact) mass is 590 g/mol. The van der Waals surface area contributed by atoms with Crippen LogP contribution in [0.1, 0.15) is 60.0 Å². The molecule has 0 aliphatic carbocycles. The Morgan fingerprint density at radius 2 is 1.56 bits per heavy atom. The summed E-state index contributed by atoms with van der Waals surface area (Å²) in [6.07, 6.45) is 6.16. The summed E-state index contributed by atoms with van der Waals surface area (Å²) < 4.78 is 19.5. The van der Waals surface area contributed by atoms with Crippen molar-refractivity contribution in [1.29, 1.82) is 0 Å². The number of ether oxygens (including phenoxy) is 1. The van der Waals surface area contributed by atoms with Crippen molar-refractivity contribution in [3.05, 3.63) is 95.3 Å². The molecule has 1 aliphatic heterocycles. The van der Waals surface area contributed by atoms with Gasteiger partial charge in [0.1, 0.15) is 11.6 Å². The number of carboxylic acid groups (broad SMARTS) is 2. The van der Waals surface area contributed by atoms with Crippen LogP contribution in [0.15, 0.2) is 72.8 Å². The highest BCUT2D eigenvalue weighted by Crippen LogP contribution is 2.26. The third-order valence-electron chi connectivity index (χ3n) is 8.21. The van der Waals surface area contributed by atoms with Crippen molar-refractivity contribution >= 4 is 17.6 Å². The van der Waals surface area contributed by atoms with Gasteiger partial charge in [-0.2, -0.15) is 0 Å². The molecule has 0 bridgehead atoms. The summed E-state index contributed by atoms with van der Waals surface area (Å²) >= 11 is 0. The average molecular weight is 591 g/mol. The maximum Gasteiger partial charge on any atom is 0.335 e. The fourth-order valence-corrected chi connectivity index (χ4v) is 5.74. The molecule has 0 saturated carbocycles. The van der Waals surface area contributed by atoms with Gasteiger partial charge >= 0.3 is 11.9 Å². The number of carbonyl (C=O) groups is 2. The van der Waals surface area contributed by atoms with Crippen LogP contribution in [0.4, 0.5) is 10.1 Å². The largest absolute Gasteiger partial charge is 0.493 e. The van der Waals surface area contributed by atoms with Crippen molar-refractivity contribution in [2.45, 2.75) is 51.4 Å². The van der Waals surface area contributed by atoms with Crippen molar-refractivity contribution in [3.63, 3.8) is 0 Å². The second-order valence-electron chi connectivity index (χ2n) is 11.4. The molecule has 4 rings (SSSR count). The minimum atomic E-state index is -0.933. The number of rotatable bonds is 17. The van der Waals surface area contributed by atoms with E-state index in [0.29, 0.717) is 18.9 Å². The van der Waals surface area contributed by atoms with Crippen LogP contribution in [0.2, 0.25) is 0 Å². The smallest absolute Gasteiger partial charge is 0.335 e. The molecule has 0 radical (unpaired) electrons. The van der Waals surface area contributed by atoms with Crippen LogP contribution in [-0.4, -0.2) is 66.4 Å². The third kappa shape index (κ3) is 10.7. The van der Waals surface area contributed by atoms with Gasteiger partial charge in [-0.15, -0.1) is 0 Å². The minimum absolute atomic E-state index is 0.181. The molecule has 1 heterocycles. The van der Waals surface area contributed by atoms with Gasteiger partial charge in [-0.05, 0) is 91.6 Å². The summed E-state index contributed by atoms with van der Waals surface area (Å²) in [4.78, 5) is 26.9. The minimum Gasteiger partial charge on any atom is -0.493 e. The SMILES string of the molecule is O=C(O)CCCCC(CCc1ccccc1OCCCN1CCN(c2ccc(F)cc2)CC1)Cc1ccc(C(=O)O)cc1. The Bertz CT molecular complexity index is 1290. The molecule has 1 saturated heterocycles. The highest BCUT2D eigenvalue weighted by atomic mass is 19.1. The van der Waals surface area contributed by atoms with Crippen molar-refractivity contribution in [2.75, 3.05) is 44.2 Å². The van der Waals surface area contributed by atoms with Crippen LogP contribution in [0.5, 0.6) is 5.75 Å². The molecular weight excluding hydrogens is 547 g/mol. The predicted octanol–water partition coefficient (Wildman–Crippen LogP) is 6.55. The first-order chi connectivity index (χ1) is 20.9. The molecule has 8 heteroatoms. The lowest BCUT2D eigenvalue weighted by molar-refractivity contribution is -0.137. The molecule has 2 N–H and O–H groups in total. The predicted molar refractivity (Wildman–Crippen MR) is 167 cm³/mol. The lowest BCUT2D eigenvalue weighted by atomic mass is 9.88. The van der Waals surface area contributed by atoms with Crippen molar-refractivity contribution in [3.8, 4) is 5.75 Å². The number of anilines is 1. The number of hydrogen-bond donors (Lipinski definition) is 2. The standard InChI is InChI=1S/C35H43FN2O5/c36-31-16-18-32(19-17-31)38-23-21-37(22-24-38)20-5-25-43-33-8-3-2-7-29(33)13-10-27(6-1-4-9-34(39)40)26-28-11-14-30(15-12-28)35(41)42/h2-3,7-8,11-12,14-19,27H,1,4-6,9-10,13,20-26H2,(H,39,40)(H,41,42). The quantitative estimate of drug-likeness (QED) is 0.172. The highest BCUT2D eigenvalue weighted by molar-refractivity contribution is 5.87. The lowest BCUT2D eigenvalue weighted by Gasteiger charge is -2.36. The van der Waals surface area contributed by atoms with Crippen molar-refractivity contribution in [1.82, 2.24) is 4.90 Å². The van der Waals surface area contributed by atoms with E-state index in [0.717, 1.165) is 88.2 Å². The van der Waals surface area contributed by atoms with E-state index in [1.54, 1.807) is 12.1 Å². The molecule has 0 amide bonds. The normalized spacial score (nSPS) is 14.4. The van der Waals surface area contributed by atoms with Crippen molar-refractivity contribution < 1.29 is 28.9 Å². The Morgan fingerprint density at radius 1 is 0.837 bits per heavy atom. The van der Waals surface area contributed by atoms with E-state index in [9.17, 15) is 19.1 Å². The first-order valence-electron chi connectivity index (χ1n) is 15.3. The van der Waals surface area contributed by atoms with Gasteiger partial charge in [0.2, 0.25) is 0 Å². The third-order valence-corrected chi connectivity index (χ3v) is 8.21. The number of halogens is 1. The molecule has 3 aromatic rings. The Balaban J connectivity index is 1.24. The van der Waals surface area contributed by atoms with E-state index in [2.05, 4.69) is 15.9 Å². The Hall–Kier alpha value is -3.91. The van der Waals surface area contributed by atoms with E-state index in [1.165, 1.54) is 17.7 Å². The summed E-state index contributed by atoms with van der Waals surface area (Å²) in [5.74, 6) is -0.635.